The predicted molar refractivity (Wildman–Crippen MR) is 72.2 cm³/mol. The number of fused-ring (bicyclic) bond motifs is 1. The van der Waals surface area contributed by atoms with Crippen LogP contribution >= 0.6 is 0 Å². The molecule has 0 radical (unpaired) electrons. The highest BCUT2D eigenvalue weighted by Crippen LogP contribution is 2.41. The van der Waals surface area contributed by atoms with E-state index >= 15 is 0 Å². The van der Waals surface area contributed by atoms with E-state index in [1.165, 1.54) is 6.07 Å². The minimum absolute atomic E-state index is 0.122. The monoisotopic (exact) mass is 289 g/mol. The fourth-order valence-corrected chi connectivity index (χ4v) is 3.18. The third-order valence-corrected chi connectivity index (χ3v) is 4.46. The lowest BCUT2D eigenvalue weighted by atomic mass is 10.0. The van der Waals surface area contributed by atoms with Crippen LogP contribution in [0.3, 0.4) is 0 Å². The lowest BCUT2D eigenvalue weighted by Gasteiger charge is -2.12. The van der Waals surface area contributed by atoms with E-state index in [2.05, 4.69) is 5.10 Å². The fraction of sp³-hybridized carbons (Fsp3) is 0.286. The van der Waals surface area contributed by atoms with E-state index in [4.69, 9.17) is 5.26 Å². The first-order valence-electron chi connectivity index (χ1n) is 6.24. The summed E-state index contributed by atoms with van der Waals surface area (Å²) in [6.45, 7) is 0. The molecule has 0 amide bonds. The number of alkyl halides is 1. The van der Waals surface area contributed by atoms with Crippen LogP contribution in [0.4, 0.5) is 4.39 Å². The Balaban J connectivity index is 1.96. The number of nitriles is 1. The zero-order valence-electron chi connectivity index (χ0n) is 10.6. The van der Waals surface area contributed by atoms with E-state index in [0.717, 1.165) is 5.56 Å². The van der Waals surface area contributed by atoms with Gasteiger partial charge in [-0.3, -0.25) is 4.68 Å². The van der Waals surface area contributed by atoms with Gasteiger partial charge >= 0.3 is 0 Å². The van der Waals surface area contributed by atoms with Gasteiger partial charge in [0.05, 0.1) is 11.7 Å². The third kappa shape index (κ3) is 2.19. The summed E-state index contributed by atoms with van der Waals surface area (Å²) in [6.07, 6.45) is -0.766. The van der Waals surface area contributed by atoms with Crippen LogP contribution in [0.5, 0.6) is 0 Å². The molecule has 0 N–H and O–H groups in total. The maximum Gasteiger partial charge on any atom is 0.264 e. The molecule has 0 saturated heterocycles. The molecule has 1 aromatic heterocycles. The molecule has 3 atom stereocenters. The van der Waals surface area contributed by atoms with Crippen molar-refractivity contribution in [3.63, 3.8) is 0 Å². The Labute approximate surface area is 119 Å². The van der Waals surface area contributed by atoms with E-state index in [0.29, 0.717) is 12.1 Å². The van der Waals surface area contributed by atoms with E-state index in [-0.39, 0.29) is 16.8 Å². The molecule has 0 bridgehead atoms. The Bertz CT molecular complexity index is 652. The smallest absolute Gasteiger partial charge is 0.264 e. The molecule has 0 fully saturated rings. The molecule has 1 aromatic carbocycles. The molecule has 4 nitrogen and oxygen atoms in total. The zero-order chi connectivity index (χ0) is 14.1. The maximum absolute atomic E-state index is 14.1. The van der Waals surface area contributed by atoms with Gasteiger partial charge in [0.15, 0.2) is 5.75 Å². The minimum Gasteiger partial charge on any atom is -0.609 e. The van der Waals surface area contributed by atoms with E-state index in [1.807, 2.05) is 36.4 Å². The molecule has 102 valence electrons. The number of rotatable bonds is 3. The topological polar surface area (TPSA) is 64.7 Å². The van der Waals surface area contributed by atoms with E-state index < -0.39 is 17.3 Å². The molecule has 2 heterocycles. The summed E-state index contributed by atoms with van der Waals surface area (Å²) in [5.74, 6) is -0.122. The second-order valence-corrected chi connectivity index (χ2v) is 6.03. The average molecular weight is 289 g/mol. The highest BCUT2D eigenvalue weighted by molar-refractivity contribution is 7.91. The van der Waals surface area contributed by atoms with Crippen LogP contribution in [0.15, 0.2) is 41.4 Å². The van der Waals surface area contributed by atoms with Crippen molar-refractivity contribution >= 4 is 11.2 Å². The Kier molecular flexibility index (Phi) is 3.47. The van der Waals surface area contributed by atoms with Crippen molar-refractivity contribution in [3.05, 3.63) is 47.7 Å². The molecule has 0 unspecified atom stereocenters. The lowest BCUT2D eigenvalue weighted by molar-refractivity contribution is 0.333. The van der Waals surface area contributed by atoms with Gasteiger partial charge in [-0.2, -0.15) is 5.26 Å². The highest BCUT2D eigenvalue weighted by atomic mass is 32.2. The number of hydrogen-bond acceptors (Lipinski definition) is 3. The zero-order valence-corrected chi connectivity index (χ0v) is 11.4. The Morgan fingerprint density at radius 3 is 2.90 bits per heavy atom. The number of hydrogen-bond donors (Lipinski definition) is 0. The van der Waals surface area contributed by atoms with Gasteiger partial charge in [-0.15, -0.1) is 5.10 Å². The minimum atomic E-state index is -1.49. The molecule has 0 spiro atoms. The van der Waals surface area contributed by atoms with Gasteiger partial charge in [0.25, 0.3) is 5.03 Å². The normalized spacial score (nSPS) is 22.2. The summed E-state index contributed by atoms with van der Waals surface area (Å²) < 4.78 is 27.5. The predicted octanol–water partition coefficient (Wildman–Crippen LogP) is 2.52. The molecule has 1 aliphatic rings. The van der Waals surface area contributed by atoms with Crippen LogP contribution in [0, 0.1) is 11.3 Å². The Hall–Kier alpha value is -1.84. The van der Waals surface area contributed by atoms with Gasteiger partial charge < -0.3 is 4.55 Å². The molecule has 6 heteroatoms. The van der Waals surface area contributed by atoms with Gasteiger partial charge in [-0.1, -0.05) is 30.3 Å². The molecule has 0 aliphatic carbocycles. The molecule has 1 aliphatic heterocycles. The largest absolute Gasteiger partial charge is 0.609 e. The lowest BCUT2D eigenvalue weighted by Crippen LogP contribution is -2.11. The summed E-state index contributed by atoms with van der Waals surface area (Å²) in [6, 6.07) is 12.8. The van der Waals surface area contributed by atoms with Crippen molar-refractivity contribution in [1.29, 1.82) is 5.26 Å². The van der Waals surface area contributed by atoms with E-state index in [9.17, 15) is 8.94 Å². The summed E-state index contributed by atoms with van der Waals surface area (Å²) >= 11 is -1.49. The molecule has 0 saturated carbocycles. The van der Waals surface area contributed by atoms with Crippen LogP contribution in [0.2, 0.25) is 0 Å². The summed E-state index contributed by atoms with van der Waals surface area (Å²) in [7, 11) is 0. The summed E-state index contributed by atoms with van der Waals surface area (Å²) in [5, 5.41) is 13.1. The van der Waals surface area contributed by atoms with Crippen LogP contribution in [0.25, 0.3) is 0 Å². The highest BCUT2D eigenvalue weighted by Gasteiger charge is 2.35. The molecular formula is C14H12FN3OS. The molecule has 3 rings (SSSR count). The van der Waals surface area contributed by atoms with Crippen molar-refractivity contribution in [3.8, 4) is 6.07 Å². The molecular weight excluding hydrogens is 277 g/mol. The summed E-state index contributed by atoms with van der Waals surface area (Å²) in [5.41, 5.74) is 1.43. The standard InChI is InChI=1S/C14H12FN3OS/c15-11-8-12(10-4-2-1-3-5-10)18-13(11)9-14(17-18)20(19)7-6-16/h1-5,9,11-12H,7-8H2/t11-,12-,20+/m0/s1. The van der Waals surface area contributed by atoms with Crippen molar-refractivity contribution in [2.24, 2.45) is 0 Å². The second-order valence-electron chi connectivity index (χ2n) is 4.63. The van der Waals surface area contributed by atoms with Gasteiger partial charge in [-0.05, 0) is 5.56 Å². The van der Waals surface area contributed by atoms with Crippen LogP contribution in [-0.4, -0.2) is 20.1 Å². The Morgan fingerprint density at radius 1 is 1.45 bits per heavy atom. The summed E-state index contributed by atoms with van der Waals surface area (Å²) in [4.78, 5) is 0. The van der Waals surface area contributed by atoms with Crippen LogP contribution in [-0.2, 0) is 11.2 Å². The third-order valence-electron chi connectivity index (χ3n) is 3.40. The Morgan fingerprint density at radius 2 is 2.20 bits per heavy atom. The van der Waals surface area contributed by atoms with E-state index in [1.54, 1.807) is 4.68 Å². The van der Waals surface area contributed by atoms with Crippen molar-refractivity contribution in [1.82, 2.24) is 9.78 Å². The second kappa shape index (κ2) is 5.27. The van der Waals surface area contributed by atoms with Gasteiger partial charge in [-0.25, -0.2) is 4.39 Å². The van der Waals surface area contributed by atoms with Crippen molar-refractivity contribution < 1.29 is 8.94 Å². The SMILES string of the molecule is N#CC[S@@+]([O-])c1cc2n(n1)[C@H](c1ccccc1)C[C@@H]2F. The fourth-order valence-electron chi connectivity index (χ4n) is 2.48. The van der Waals surface area contributed by atoms with Crippen LogP contribution < -0.4 is 0 Å². The molecule has 20 heavy (non-hydrogen) atoms. The first kappa shape index (κ1) is 13.2. The maximum atomic E-state index is 14.1. The molecule has 2 aromatic rings. The number of nitrogens with zero attached hydrogens (tertiary/aromatic N) is 3. The number of aromatic nitrogens is 2. The average Bonchev–Trinajstić information content (AvgIpc) is 3.01. The van der Waals surface area contributed by atoms with Crippen molar-refractivity contribution in [2.45, 2.75) is 23.7 Å². The quantitative estimate of drug-likeness (QED) is 0.815. The van der Waals surface area contributed by atoms with Gasteiger partial charge in [0, 0.05) is 23.7 Å². The van der Waals surface area contributed by atoms with Gasteiger partial charge in [0.1, 0.15) is 12.2 Å². The number of benzene rings is 1. The first-order valence-corrected chi connectivity index (χ1v) is 7.56. The van der Waals surface area contributed by atoms with Gasteiger partial charge in [0.2, 0.25) is 0 Å². The van der Waals surface area contributed by atoms with Crippen molar-refractivity contribution in [2.75, 3.05) is 5.75 Å². The first-order chi connectivity index (χ1) is 9.70. The van der Waals surface area contributed by atoms with Crippen LogP contribution in [0.1, 0.15) is 29.9 Å². The number of halogens is 1.